The molecule has 0 bridgehead atoms. The van der Waals surface area contributed by atoms with Gasteiger partial charge in [0.25, 0.3) is 0 Å². The number of amides is 1. The predicted molar refractivity (Wildman–Crippen MR) is 91.2 cm³/mol. The largest absolute Gasteiger partial charge is 0.494 e. The van der Waals surface area contributed by atoms with Gasteiger partial charge in [-0.2, -0.15) is 0 Å². The summed E-state index contributed by atoms with van der Waals surface area (Å²) in [7, 11) is 0. The van der Waals surface area contributed by atoms with Gasteiger partial charge in [-0.25, -0.2) is 0 Å². The lowest BCUT2D eigenvalue weighted by Crippen LogP contribution is -2.21. The van der Waals surface area contributed by atoms with Crippen LogP contribution in [0.15, 0.2) is 42.5 Å². The molecule has 0 unspecified atom stereocenters. The van der Waals surface area contributed by atoms with Crippen LogP contribution in [-0.4, -0.2) is 19.1 Å². The molecule has 2 aromatic rings. The Labute approximate surface area is 139 Å². The number of hydrogen-bond acceptors (Lipinski definition) is 3. The molecule has 0 spiro atoms. The van der Waals surface area contributed by atoms with Crippen LogP contribution in [0.2, 0.25) is 10.0 Å². The zero-order chi connectivity index (χ0) is 15.9. The first kappa shape index (κ1) is 16.5. The third kappa shape index (κ3) is 4.83. The highest BCUT2D eigenvalue weighted by atomic mass is 35.5. The van der Waals surface area contributed by atoms with Crippen molar-refractivity contribution in [3.63, 3.8) is 0 Å². The molecule has 0 saturated carbocycles. The Morgan fingerprint density at radius 1 is 1.09 bits per heavy atom. The second kappa shape index (κ2) is 7.92. The first-order chi connectivity index (χ1) is 10.6. The van der Waals surface area contributed by atoms with E-state index in [9.17, 15) is 4.79 Å². The van der Waals surface area contributed by atoms with Gasteiger partial charge in [0.1, 0.15) is 5.75 Å². The average molecular weight is 339 g/mol. The molecular formula is C16H16Cl2N2O2. The van der Waals surface area contributed by atoms with Gasteiger partial charge in [0, 0.05) is 17.4 Å². The van der Waals surface area contributed by atoms with E-state index in [1.807, 2.05) is 31.2 Å². The Kier molecular flexibility index (Phi) is 5.92. The molecule has 6 heteroatoms. The van der Waals surface area contributed by atoms with Crippen molar-refractivity contribution in [2.24, 2.45) is 0 Å². The molecular weight excluding hydrogens is 323 g/mol. The molecule has 0 aliphatic heterocycles. The highest BCUT2D eigenvalue weighted by Crippen LogP contribution is 2.25. The quantitative estimate of drug-likeness (QED) is 0.818. The van der Waals surface area contributed by atoms with Gasteiger partial charge in [-0.1, -0.05) is 29.3 Å². The van der Waals surface area contributed by atoms with Crippen molar-refractivity contribution >= 4 is 40.5 Å². The van der Waals surface area contributed by atoms with Crippen LogP contribution in [0.5, 0.6) is 5.75 Å². The molecule has 0 atom stereocenters. The number of carbonyl (C=O) groups is 1. The van der Waals surface area contributed by atoms with Gasteiger partial charge in [-0.3, -0.25) is 4.79 Å². The maximum atomic E-state index is 11.9. The smallest absolute Gasteiger partial charge is 0.243 e. The average Bonchev–Trinajstić information content (AvgIpc) is 2.50. The van der Waals surface area contributed by atoms with E-state index >= 15 is 0 Å². The lowest BCUT2D eigenvalue weighted by Gasteiger charge is -2.10. The first-order valence-electron chi connectivity index (χ1n) is 6.80. The number of nitrogens with one attached hydrogen (secondary N) is 2. The SMILES string of the molecule is CCOc1cccc(NCC(=O)Nc2ccc(Cl)c(Cl)c2)c1. The van der Waals surface area contributed by atoms with Crippen molar-refractivity contribution in [1.29, 1.82) is 0 Å². The molecule has 0 fully saturated rings. The van der Waals surface area contributed by atoms with E-state index < -0.39 is 0 Å². The molecule has 0 heterocycles. The van der Waals surface area contributed by atoms with Gasteiger partial charge in [0.15, 0.2) is 0 Å². The number of benzene rings is 2. The van der Waals surface area contributed by atoms with Gasteiger partial charge in [0.2, 0.25) is 5.91 Å². The number of hydrogen-bond donors (Lipinski definition) is 2. The van der Waals surface area contributed by atoms with Crippen LogP contribution >= 0.6 is 23.2 Å². The van der Waals surface area contributed by atoms with Crippen LogP contribution in [0.4, 0.5) is 11.4 Å². The van der Waals surface area contributed by atoms with E-state index in [0.29, 0.717) is 22.3 Å². The molecule has 0 aliphatic rings. The van der Waals surface area contributed by atoms with Gasteiger partial charge >= 0.3 is 0 Å². The van der Waals surface area contributed by atoms with Crippen molar-refractivity contribution < 1.29 is 9.53 Å². The zero-order valence-electron chi connectivity index (χ0n) is 12.0. The molecule has 0 radical (unpaired) electrons. The van der Waals surface area contributed by atoms with Gasteiger partial charge in [-0.15, -0.1) is 0 Å². The number of anilines is 2. The van der Waals surface area contributed by atoms with E-state index in [1.54, 1.807) is 18.2 Å². The fraction of sp³-hybridized carbons (Fsp3) is 0.188. The summed E-state index contributed by atoms with van der Waals surface area (Å²) in [5.74, 6) is 0.581. The van der Waals surface area contributed by atoms with Crippen LogP contribution in [0, 0.1) is 0 Å². The van der Waals surface area contributed by atoms with Gasteiger partial charge in [-0.05, 0) is 37.3 Å². The molecule has 0 saturated heterocycles. The standard InChI is InChI=1S/C16H16Cl2N2O2/c1-2-22-13-5-3-4-11(8-13)19-10-16(21)20-12-6-7-14(17)15(18)9-12/h3-9,19H,2,10H2,1H3,(H,20,21). The van der Waals surface area contributed by atoms with E-state index in [-0.39, 0.29) is 12.5 Å². The minimum Gasteiger partial charge on any atom is -0.494 e. The minimum atomic E-state index is -0.180. The van der Waals surface area contributed by atoms with Crippen molar-refractivity contribution in [3.8, 4) is 5.75 Å². The summed E-state index contributed by atoms with van der Waals surface area (Å²) < 4.78 is 5.41. The molecule has 2 rings (SSSR count). The van der Waals surface area contributed by atoms with Crippen LogP contribution in [0.1, 0.15) is 6.92 Å². The van der Waals surface area contributed by atoms with Crippen LogP contribution in [0.3, 0.4) is 0 Å². The molecule has 2 N–H and O–H groups in total. The predicted octanol–water partition coefficient (Wildman–Crippen LogP) is 4.44. The number of ether oxygens (including phenoxy) is 1. The normalized spacial score (nSPS) is 10.1. The fourth-order valence-corrected chi connectivity index (χ4v) is 2.12. The summed E-state index contributed by atoms with van der Waals surface area (Å²) >= 11 is 11.7. The Morgan fingerprint density at radius 3 is 2.64 bits per heavy atom. The van der Waals surface area contributed by atoms with Gasteiger partial charge in [0.05, 0.1) is 23.2 Å². The molecule has 2 aromatic carbocycles. The topological polar surface area (TPSA) is 50.4 Å². The fourth-order valence-electron chi connectivity index (χ4n) is 1.82. The molecule has 4 nitrogen and oxygen atoms in total. The Balaban J connectivity index is 1.89. The van der Waals surface area contributed by atoms with Crippen LogP contribution in [-0.2, 0) is 4.79 Å². The van der Waals surface area contributed by atoms with E-state index in [2.05, 4.69) is 10.6 Å². The summed E-state index contributed by atoms with van der Waals surface area (Å²) in [4.78, 5) is 11.9. The third-order valence-electron chi connectivity index (χ3n) is 2.80. The number of rotatable bonds is 6. The lowest BCUT2D eigenvalue weighted by atomic mass is 10.3. The summed E-state index contributed by atoms with van der Waals surface area (Å²) in [6.45, 7) is 2.65. The molecule has 22 heavy (non-hydrogen) atoms. The van der Waals surface area contributed by atoms with Crippen LogP contribution in [0.25, 0.3) is 0 Å². The molecule has 116 valence electrons. The van der Waals surface area contributed by atoms with Crippen molar-refractivity contribution in [3.05, 3.63) is 52.5 Å². The molecule has 0 aromatic heterocycles. The van der Waals surface area contributed by atoms with E-state index in [1.165, 1.54) is 0 Å². The highest BCUT2D eigenvalue weighted by molar-refractivity contribution is 6.42. The van der Waals surface area contributed by atoms with Crippen molar-refractivity contribution in [1.82, 2.24) is 0 Å². The molecule has 1 amide bonds. The monoisotopic (exact) mass is 338 g/mol. The summed E-state index contributed by atoms with van der Waals surface area (Å²) in [5.41, 5.74) is 1.42. The van der Waals surface area contributed by atoms with Gasteiger partial charge < -0.3 is 15.4 Å². The number of halogens is 2. The van der Waals surface area contributed by atoms with E-state index in [0.717, 1.165) is 11.4 Å². The Morgan fingerprint density at radius 2 is 1.91 bits per heavy atom. The van der Waals surface area contributed by atoms with Crippen molar-refractivity contribution in [2.45, 2.75) is 6.92 Å². The third-order valence-corrected chi connectivity index (χ3v) is 3.54. The summed E-state index contributed by atoms with van der Waals surface area (Å²) in [6.07, 6.45) is 0. The summed E-state index contributed by atoms with van der Waals surface area (Å²) in [5, 5.41) is 6.63. The lowest BCUT2D eigenvalue weighted by molar-refractivity contribution is -0.114. The van der Waals surface area contributed by atoms with Crippen LogP contribution < -0.4 is 15.4 Å². The Bertz CT molecular complexity index is 662. The first-order valence-corrected chi connectivity index (χ1v) is 7.55. The number of carbonyl (C=O) groups excluding carboxylic acids is 1. The maximum absolute atomic E-state index is 11.9. The summed E-state index contributed by atoms with van der Waals surface area (Å²) in [6, 6.07) is 12.4. The maximum Gasteiger partial charge on any atom is 0.243 e. The highest BCUT2D eigenvalue weighted by Gasteiger charge is 2.05. The molecule has 0 aliphatic carbocycles. The minimum absolute atomic E-state index is 0.135. The second-order valence-electron chi connectivity index (χ2n) is 4.49. The van der Waals surface area contributed by atoms with Crippen molar-refractivity contribution in [2.75, 3.05) is 23.8 Å². The second-order valence-corrected chi connectivity index (χ2v) is 5.31. The van der Waals surface area contributed by atoms with E-state index in [4.69, 9.17) is 27.9 Å². The zero-order valence-corrected chi connectivity index (χ0v) is 13.5. The Hall–Kier alpha value is -1.91.